The molecule has 1 heterocycles. The second-order valence-electron chi connectivity index (χ2n) is 4.60. The Labute approximate surface area is 126 Å². The Morgan fingerprint density at radius 1 is 1.33 bits per heavy atom. The van der Waals surface area contributed by atoms with E-state index in [4.69, 9.17) is 22.1 Å². The zero-order valence-electron chi connectivity index (χ0n) is 11.4. The molecule has 4 N–H and O–H groups in total. The lowest BCUT2D eigenvalue weighted by atomic mass is 10.2. The zero-order chi connectivity index (χ0) is 15.0. The van der Waals surface area contributed by atoms with E-state index < -0.39 is 0 Å². The minimum Gasteiger partial charge on any atom is -0.503 e. The molecule has 3 aromatic rings. The summed E-state index contributed by atoms with van der Waals surface area (Å²) in [5.41, 5.74) is 8.80. The number of imidazole rings is 1. The van der Waals surface area contributed by atoms with Gasteiger partial charge in [0.15, 0.2) is 11.5 Å². The molecule has 0 bridgehead atoms. The van der Waals surface area contributed by atoms with Crippen LogP contribution in [0.25, 0.3) is 22.4 Å². The Balaban J connectivity index is 2.13. The summed E-state index contributed by atoms with van der Waals surface area (Å²) in [7, 11) is 0. The van der Waals surface area contributed by atoms with E-state index in [1.807, 2.05) is 19.1 Å². The van der Waals surface area contributed by atoms with Gasteiger partial charge in [0.05, 0.1) is 22.7 Å². The van der Waals surface area contributed by atoms with Crippen LogP contribution in [0.4, 0.5) is 5.69 Å². The Kier molecular flexibility index (Phi) is 3.35. The lowest BCUT2D eigenvalue weighted by Crippen LogP contribution is -1.93. The van der Waals surface area contributed by atoms with E-state index in [0.717, 1.165) is 16.6 Å². The van der Waals surface area contributed by atoms with Crippen molar-refractivity contribution in [3.05, 3.63) is 35.4 Å². The van der Waals surface area contributed by atoms with Crippen LogP contribution >= 0.6 is 11.6 Å². The summed E-state index contributed by atoms with van der Waals surface area (Å²) in [6, 6.07) is 8.79. The molecule has 0 aliphatic rings. The summed E-state index contributed by atoms with van der Waals surface area (Å²) in [6.45, 7) is 2.27. The van der Waals surface area contributed by atoms with Crippen LogP contribution in [-0.2, 0) is 0 Å². The fraction of sp³-hybridized carbons (Fsp3) is 0.133. The second kappa shape index (κ2) is 5.18. The van der Waals surface area contributed by atoms with Crippen LogP contribution in [0.5, 0.6) is 11.5 Å². The molecule has 21 heavy (non-hydrogen) atoms. The molecular formula is C15H14ClN3O2. The number of aromatic nitrogens is 2. The molecule has 0 aliphatic heterocycles. The Bertz CT molecular complexity index is 814. The third kappa shape index (κ3) is 2.48. The van der Waals surface area contributed by atoms with Gasteiger partial charge in [0.25, 0.3) is 0 Å². The SMILES string of the molecule is CCOc1cc(-c2nc3ccc(N)cc3[nH]2)cc(Cl)c1O. The van der Waals surface area contributed by atoms with Crippen LogP contribution in [0, 0.1) is 0 Å². The predicted octanol–water partition coefficient (Wildman–Crippen LogP) is 3.57. The molecule has 0 unspecified atom stereocenters. The number of nitrogen functional groups attached to an aromatic ring is 1. The van der Waals surface area contributed by atoms with Crippen LogP contribution in [-0.4, -0.2) is 21.7 Å². The van der Waals surface area contributed by atoms with Gasteiger partial charge in [0, 0.05) is 11.3 Å². The van der Waals surface area contributed by atoms with Crippen LogP contribution in [0.1, 0.15) is 6.92 Å². The molecule has 0 saturated heterocycles. The number of nitrogens with zero attached hydrogens (tertiary/aromatic N) is 1. The van der Waals surface area contributed by atoms with E-state index in [2.05, 4.69) is 9.97 Å². The highest BCUT2D eigenvalue weighted by Crippen LogP contribution is 2.38. The summed E-state index contributed by atoms with van der Waals surface area (Å²) in [5.74, 6) is 0.904. The largest absolute Gasteiger partial charge is 0.503 e. The standard InChI is InChI=1S/C15H14ClN3O2/c1-2-21-13-6-8(5-10(16)14(13)20)15-18-11-4-3-9(17)7-12(11)19-15/h3-7,20H,2,17H2,1H3,(H,18,19). The number of halogens is 1. The molecule has 5 nitrogen and oxygen atoms in total. The molecule has 0 atom stereocenters. The summed E-state index contributed by atoms with van der Waals surface area (Å²) in [4.78, 5) is 7.67. The predicted molar refractivity (Wildman–Crippen MR) is 83.8 cm³/mol. The molecule has 3 rings (SSSR count). The Hall–Kier alpha value is -2.40. The van der Waals surface area contributed by atoms with Crippen molar-refractivity contribution in [1.29, 1.82) is 0 Å². The van der Waals surface area contributed by atoms with Gasteiger partial charge in [-0.2, -0.15) is 0 Å². The summed E-state index contributed by atoms with van der Waals surface area (Å²) < 4.78 is 5.38. The Morgan fingerprint density at radius 2 is 2.14 bits per heavy atom. The molecule has 0 aliphatic carbocycles. The van der Waals surface area contributed by atoms with Gasteiger partial charge in [0.1, 0.15) is 5.82 Å². The third-order valence-corrected chi connectivity index (χ3v) is 3.40. The first kappa shape index (κ1) is 13.6. The molecule has 6 heteroatoms. The molecule has 0 amide bonds. The fourth-order valence-electron chi connectivity index (χ4n) is 2.14. The first-order valence-electron chi connectivity index (χ1n) is 6.49. The number of H-pyrrole nitrogens is 1. The van der Waals surface area contributed by atoms with Gasteiger partial charge in [-0.15, -0.1) is 0 Å². The van der Waals surface area contributed by atoms with Crippen molar-refractivity contribution in [3.8, 4) is 22.9 Å². The molecule has 0 saturated carbocycles. The van der Waals surface area contributed by atoms with Crippen molar-refractivity contribution in [1.82, 2.24) is 9.97 Å². The highest BCUT2D eigenvalue weighted by molar-refractivity contribution is 6.32. The summed E-state index contributed by atoms with van der Waals surface area (Å²) >= 11 is 6.04. The number of fused-ring (bicyclic) bond motifs is 1. The number of anilines is 1. The van der Waals surface area contributed by atoms with Gasteiger partial charge >= 0.3 is 0 Å². The van der Waals surface area contributed by atoms with Crippen LogP contribution in [0.2, 0.25) is 5.02 Å². The van der Waals surface area contributed by atoms with Gasteiger partial charge in [-0.05, 0) is 37.3 Å². The minimum absolute atomic E-state index is 0.0670. The van der Waals surface area contributed by atoms with Crippen molar-refractivity contribution in [2.75, 3.05) is 12.3 Å². The Morgan fingerprint density at radius 3 is 2.90 bits per heavy atom. The van der Waals surface area contributed by atoms with Crippen LogP contribution in [0.3, 0.4) is 0 Å². The van der Waals surface area contributed by atoms with Gasteiger partial charge in [0.2, 0.25) is 0 Å². The van der Waals surface area contributed by atoms with Gasteiger partial charge in [-0.1, -0.05) is 11.6 Å². The first-order chi connectivity index (χ1) is 10.1. The lowest BCUT2D eigenvalue weighted by molar-refractivity contribution is 0.318. The second-order valence-corrected chi connectivity index (χ2v) is 5.01. The van der Waals surface area contributed by atoms with E-state index in [1.165, 1.54) is 0 Å². The maximum atomic E-state index is 9.87. The number of hydrogen-bond acceptors (Lipinski definition) is 4. The number of phenolic OH excluding ortho intramolecular Hbond substituents is 1. The van der Waals surface area contributed by atoms with Crippen molar-refractivity contribution in [3.63, 3.8) is 0 Å². The molecule has 108 valence electrons. The number of rotatable bonds is 3. The number of aromatic amines is 1. The zero-order valence-corrected chi connectivity index (χ0v) is 12.1. The van der Waals surface area contributed by atoms with Crippen molar-refractivity contribution < 1.29 is 9.84 Å². The number of ether oxygens (including phenoxy) is 1. The van der Waals surface area contributed by atoms with Crippen molar-refractivity contribution >= 4 is 28.3 Å². The smallest absolute Gasteiger partial charge is 0.176 e. The number of hydrogen-bond donors (Lipinski definition) is 3. The van der Waals surface area contributed by atoms with E-state index >= 15 is 0 Å². The number of phenols is 1. The fourth-order valence-corrected chi connectivity index (χ4v) is 2.35. The summed E-state index contributed by atoms with van der Waals surface area (Å²) in [5, 5.41) is 10.1. The molecule has 0 radical (unpaired) electrons. The third-order valence-electron chi connectivity index (χ3n) is 3.11. The average molecular weight is 304 g/mol. The van der Waals surface area contributed by atoms with E-state index in [9.17, 15) is 5.11 Å². The maximum Gasteiger partial charge on any atom is 0.176 e. The van der Waals surface area contributed by atoms with Gasteiger partial charge in [-0.3, -0.25) is 0 Å². The normalized spacial score (nSPS) is 11.0. The molecule has 0 fully saturated rings. The first-order valence-corrected chi connectivity index (χ1v) is 6.87. The molecule has 0 spiro atoms. The highest BCUT2D eigenvalue weighted by Gasteiger charge is 2.13. The molecule has 2 aromatic carbocycles. The van der Waals surface area contributed by atoms with Gasteiger partial charge in [-0.25, -0.2) is 4.98 Å². The topological polar surface area (TPSA) is 84.2 Å². The quantitative estimate of drug-likeness (QED) is 0.646. The number of nitrogens with two attached hydrogens (primary N) is 1. The summed E-state index contributed by atoms with van der Waals surface area (Å²) in [6.07, 6.45) is 0. The lowest BCUT2D eigenvalue weighted by Gasteiger charge is -2.08. The number of aromatic hydroxyl groups is 1. The highest BCUT2D eigenvalue weighted by atomic mass is 35.5. The molecule has 1 aromatic heterocycles. The number of nitrogens with one attached hydrogen (secondary N) is 1. The van der Waals surface area contributed by atoms with E-state index in [1.54, 1.807) is 18.2 Å². The van der Waals surface area contributed by atoms with Crippen LogP contribution < -0.4 is 10.5 Å². The van der Waals surface area contributed by atoms with Crippen LogP contribution in [0.15, 0.2) is 30.3 Å². The van der Waals surface area contributed by atoms with Crippen molar-refractivity contribution in [2.24, 2.45) is 0 Å². The van der Waals surface area contributed by atoms with Crippen molar-refractivity contribution in [2.45, 2.75) is 6.92 Å². The minimum atomic E-state index is -0.0670. The monoisotopic (exact) mass is 303 g/mol. The van der Waals surface area contributed by atoms with E-state index in [-0.39, 0.29) is 10.8 Å². The van der Waals surface area contributed by atoms with E-state index in [0.29, 0.717) is 23.9 Å². The maximum absolute atomic E-state index is 9.87. The molecular weight excluding hydrogens is 290 g/mol. The average Bonchev–Trinajstić information content (AvgIpc) is 2.86. The van der Waals surface area contributed by atoms with Gasteiger partial charge < -0.3 is 20.6 Å². The number of benzene rings is 2.